The molecular formula is C23H22N6O5S4. The highest BCUT2D eigenvalue weighted by atomic mass is 32.2. The number of rotatable bonds is 10. The summed E-state index contributed by atoms with van der Waals surface area (Å²) >= 11 is 5.71. The average molecular weight is 591 g/mol. The molecule has 0 aromatic carbocycles. The van der Waals surface area contributed by atoms with E-state index >= 15 is 0 Å². The number of pyridine rings is 1. The number of nitrogens with two attached hydrogens (primary N) is 1. The van der Waals surface area contributed by atoms with E-state index < -0.39 is 29.2 Å². The standard InChI is InChI=1S/C23H22N6O5S4/c24-23-26-15(11-38-23)16(28-34-14-9-36-10-14)19(30)27-17-20(31)29-18(22(32)33)13(8-37-21(17)29)7-35-5-3-12-2-1-4-25-6-12/h1-6,11,14,17,21H,7-10H2,(H2,24,26)(H,27,30)(H,32,33)/b5-3-,28-16?/t17?,21-/m0/s1. The third kappa shape index (κ3) is 5.70. The van der Waals surface area contributed by atoms with E-state index in [-0.39, 0.29) is 28.3 Å². The molecule has 15 heteroatoms. The topological polar surface area (TPSA) is 160 Å². The van der Waals surface area contributed by atoms with Crippen LogP contribution < -0.4 is 11.1 Å². The van der Waals surface area contributed by atoms with Gasteiger partial charge in [0.2, 0.25) is 0 Å². The number of β-lactam (4-membered cyclic amide) rings is 1. The highest BCUT2D eigenvalue weighted by Gasteiger charge is 2.54. The van der Waals surface area contributed by atoms with Crippen LogP contribution in [-0.4, -0.2) is 84.0 Å². The Kier molecular flexibility index (Phi) is 8.26. The van der Waals surface area contributed by atoms with Gasteiger partial charge in [0.05, 0.1) is 0 Å². The smallest absolute Gasteiger partial charge is 0.352 e. The van der Waals surface area contributed by atoms with Crippen molar-refractivity contribution < 1.29 is 24.3 Å². The van der Waals surface area contributed by atoms with Crippen LogP contribution in [0.15, 0.2) is 51.7 Å². The number of hydrogen-bond acceptors (Lipinski definition) is 12. The Bertz CT molecular complexity index is 1330. The molecule has 5 heterocycles. The lowest BCUT2D eigenvalue weighted by atomic mass is 10.0. The summed E-state index contributed by atoms with van der Waals surface area (Å²) in [5.74, 6) is 0.0817. The summed E-state index contributed by atoms with van der Waals surface area (Å²) in [5, 5.41) is 19.8. The van der Waals surface area contributed by atoms with Crippen molar-refractivity contribution in [3.63, 3.8) is 0 Å². The van der Waals surface area contributed by atoms with Crippen molar-refractivity contribution in [3.8, 4) is 0 Å². The first-order valence-electron chi connectivity index (χ1n) is 11.3. The van der Waals surface area contributed by atoms with Crippen LogP contribution in [0, 0.1) is 0 Å². The molecule has 5 rings (SSSR count). The van der Waals surface area contributed by atoms with Crippen molar-refractivity contribution >= 4 is 81.3 Å². The molecule has 3 aliphatic rings. The number of aromatic nitrogens is 2. The second-order valence-corrected chi connectivity index (χ2v) is 12.3. The van der Waals surface area contributed by atoms with E-state index in [1.807, 2.05) is 23.6 Å². The number of carbonyl (C=O) groups is 3. The molecule has 2 atom stereocenters. The summed E-state index contributed by atoms with van der Waals surface area (Å²) in [5.41, 5.74) is 7.45. The first-order chi connectivity index (χ1) is 18.4. The third-order valence-corrected chi connectivity index (χ3v) is 9.79. The summed E-state index contributed by atoms with van der Waals surface area (Å²) in [7, 11) is 0. The molecule has 2 amide bonds. The van der Waals surface area contributed by atoms with Gasteiger partial charge in [-0.2, -0.15) is 11.8 Å². The Morgan fingerprint density at radius 3 is 2.89 bits per heavy atom. The second kappa shape index (κ2) is 11.8. The Morgan fingerprint density at radius 1 is 1.39 bits per heavy atom. The van der Waals surface area contributed by atoms with E-state index in [1.54, 1.807) is 29.5 Å². The first kappa shape index (κ1) is 26.6. The van der Waals surface area contributed by atoms with Gasteiger partial charge in [0.25, 0.3) is 11.8 Å². The van der Waals surface area contributed by atoms with Gasteiger partial charge in [-0.1, -0.05) is 11.2 Å². The van der Waals surface area contributed by atoms with Crippen molar-refractivity contribution in [2.24, 2.45) is 5.16 Å². The maximum atomic E-state index is 13.1. The number of anilines is 1. The molecule has 2 aromatic heterocycles. The van der Waals surface area contributed by atoms with Crippen molar-refractivity contribution in [3.05, 3.63) is 57.8 Å². The second-order valence-electron chi connectivity index (χ2n) is 8.29. The minimum Gasteiger partial charge on any atom is -0.477 e. The molecular weight excluding hydrogens is 569 g/mol. The molecule has 4 N–H and O–H groups in total. The third-order valence-electron chi connectivity index (χ3n) is 5.72. The van der Waals surface area contributed by atoms with Crippen LogP contribution in [0.3, 0.4) is 0 Å². The van der Waals surface area contributed by atoms with Gasteiger partial charge >= 0.3 is 5.97 Å². The zero-order valence-corrected chi connectivity index (χ0v) is 22.9. The number of nitrogens with zero attached hydrogens (tertiary/aromatic N) is 4. The fraction of sp³-hybridized carbons (Fsp3) is 0.304. The molecule has 0 aliphatic carbocycles. The fourth-order valence-electron chi connectivity index (χ4n) is 3.76. The van der Waals surface area contributed by atoms with Crippen LogP contribution in [0.25, 0.3) is 6.08 Å². The number of thiazole rings is 1. The van der Waals surface area contributed by atoms with Crippen molar-refractivity contribution in [2.45, 2.75) is 17.5 Å². The summed E-state index contributed by atoms with van der Waals surface area (Å²) in [4.78, 5) is 53.2. The molecule has 0 spiro atoms. The quantitative estimate of drug-likeness (QED) is 0.211. The lowest BCUT2D eigenvalue weighted by Gasteiger charge is -2.49. The Labute approximate surface area is 234 Å². The highest BCUT2D eigenvalue weighted by Crippen LogP contribution is 2.41. The van der Waals surface area contributed by atoms with E-state index in [0.717, 1.165) is 28.4 Å². The lowest BCUT2D eigenvalue weighted by Crippen LogP contribution is -2.71. The van der Waals surface area contributed by atoms with Crippen LogP contribution in [0.4, 0.5) is 5.13 Å². The number of thioether (sulfide) groups is 3. The van der Waals surface area contributed by atoms with Crippen LogP contribution in [0.2, 0.25) is 0 Å². The molecule has 1 unspecified atom stereocenters. The minimum absolute atomic E-state index is 0.0292. The Hall–Kier alpha value is -3.01. The van der Waals surface area contributed by atoms with Gasteiger partial charge in [0.15, 0.2) is 10.8 Å². The fourth-order valence-corrected chi connectivity index (χ4v) is 7.12. The normalized spacial score (nSPS) is 21.6. The molecule has 11 nitrogen and oxygen atoms in total. The number of oxime groups is 1. The van der Waals surface area contributed by atoms with Crippen LogP contribution in [0.5, 0.6) is 0 Å². The molecule has 0 saturated carbocycles. The van der Waals surface area contributed by atoms with E-state index in [1.165, 1.54) is 28.4 Å². The zero-order chi connectivity index (χ0) is 26.6. The zero-order valence-electron chi connectivity index (χ0n) is 19.7. The first-order valence-corrected chi connectivity index (χ1v) is 15.5. The summed E-state index contributed by atoms with van der Waals surface area (Å²) in [6.07, 6.45) is 5.22. The maximum Gasteiger partial charge on any atom is 0.352 e. The van der Waals surface area contributed by atoms with Gasteiger partial charge in [0, 0.05) is 40.8 Å². The summed E-state index contributed by atoms with van der Waals surface area (Å²) < 4.78 is 0. The van der Waals surface area contributed by atoms with Gasteiger partial charge in [-0.05, 0) is 28.7 Å². The van der Waals surface area contributed by atoms with Crippen LogP contribution in [-0.2, 0) is 19.2 Å². The number of carboxylic acids is 1. The molecule has 2 saturated heterocycles. The number of nitrogen functional groups attached to an aromatic ring is 1. The Balaban J connectivity index is 1.26. The molecule has 198 valence electrons. The van der Waals surface area contributed by atoms with Gasteiger partial charge in [-0.3, -0.25) is 19.5 Å². The Morgan fingerprint density at radius 2 is 2.24 bits per heavy atom. The number of carboxylic acid groups (broad SMARTS) is 1. The van der Waals surface area contributed by atoms with E-state index in [4.69, 9.17) is 10.6 Å². The highest BCUT2D eigenvalue weighted by molar-refractivity contribution is 8.02. The van der Waals surface area contributed by atoms with Crippen molar-refractivity contribution in [2.75, 3.05) is 28.7 Å². The molecule has 2 fully saturated rings. The molecule has 3 aliphatic heterocycles. The summed E-state index contributed by atoms with van der Waals surface area (Å²) in [6.45, 7) is 0. The van der Waals surface area contributed by atoms with Gasteiger partial charge in [-0.15, -0.1) is 34.9 Å². The number of carbonyl (C=O) groups excluding carboxylic acids is 2. The van der Waals surface area contributed by atoms with Crippen molar-refractivity contribution in [1.29, 1.82) is 0 Å². The monoisotopic (exact) mass is 590 g/mol. The number of aliphatic carboxylic acids is 1. The van der Waals surface area contributed by atoms with Gasteiger partial charge < -0.3 is 21.0 Å². The molecule has 0 radical (unpaired) electrons. The number of hydrogen-bond donors (Lipinski definition) is 3. The predicted octanol–water partition coefficient (Wildman–Crippen LogP) is 2.10. The van der Waals surface area contributed by atoms with E-state index in [2.05, 4.69) is 20.4 Å². The number of amides is 2. The van der Waals surface area contributed by atoms with Crippen LogP contribution >= 0.6 is 46.6 Å². The maximum absolute atomic E-state index is 13.1. The van der Waals surface area contributed by atoms with Crippen molar-refractivity contribution in [1.82, 2.24) is 20.2 Å². The van der Waals surface area contributed by atoms with E-state index in [9.17, 15) is 19.5 Å². The number of nitrogens with one attached hydrogen (secondary N) is 1. The van der Waals surface area contributed by atoms with Gasteiger partial charge in [0.1, 0.15) is 28.9 Å². The van der Waals surface area contributed by atoms with Crippen LogP contribution in [0.1, 0.15) is 11.3 Å². The summed E-state index contributed by atoms with van der Waals surface area (Å²) in [6, 6.07) is 2.85. The van der Waals surface area contributed by atoms with Gasteiger partial charge in [-0.25, -0.2) is 9.78 Å². The molecule has 0 bridgehead atoms. The lowest BCUT2D eigenvalue weighted by molar-refractivity contribution is -0.150. The predicted molar refractivity (Wildman–Crippen MR) is 151 cm³/mol. The minimum atomic E-state index is -1.17. The SMILES string of the molecule is Nc1nc(C(=NOC2CSC2)C(=O)NC2C(=O)N3C(C(=O)O)=C(CS/C=C\c4cccnc4)CS[C@@H]23)cs1. The molecule has 38 heavy (non-hydrogen) atoms. The average Bonchev–Trinajstić information content (AvgIpc) is 3.32. The van der Waals surface area contributed by atoms with E-state index in [0.29, 0.717) is 17.1 Å². The number of fused-ring (bicyclic) bond motifs is 1. The molecule has 2 aromatic rings. The largest absolute Gasteiger partial charge is 0.477 e.